The zero-order valence-electron chi connectivity index (χ0n) is 13.2. The van der Waals surface area contributed by atoms with Gasteiger partial charge in [0.15, 0.2) is 0 Å². The van der Waals surface area contributed by atoms with E-state index >= 15 is 0 Å². The Morgan fingerprint density at radius 2 is 2.28 bits per heavy atom. The molecule has 2 rings (SSSR count). The summed E-state index contributed by atoms with van der Waals surface area (Å²) >= 11 is 1.43. The maximum atomic E-state index is 11.8. The first-order valence-corrected chi connectivity index (χ1v) is 10.9. The number of aliphatic hydroxyl groups is 1. The first-order valence-electron chi connectivity index (χ1n) is 7.36. The highest BCUT2D eigenvalue weighted by atomic mass is 33.1. The van der Waals surface area contributed by atoms with Crippen molar-refractivity contribution in [3.05, 3.63) is 22.7 Å². The number of hydrogen-bond acceptors (Lipinski definition) is 11. The summed E-state index contributed by atoms with van der Waals surface area (Å²) < 4.78 is 16.9. The van der Waals surface area contributed by atoms with Gasteiger partial charge in [-0.3, -0.25) is 4.57 Å². The Kier molecular flexibility index (Phi) is 8.75. The van der Waals surface area contributed by atoms with Crippen LogP contribution in [0.25, 0.3) is 0 Å². The van der Waals surface area contributed by atoms with Gasteiger partial charge in [0.25, 0.3) is 0 Å². The van der Waals surface area contributed by atoms with Crippen LogP contribution < -0.4 is 11.4 Å². The molecule has 25 heavy (non-hydrogen) atoms. The smallest absolute Gasteiger partial charge is 0.433 e. The highest BCUT2D eigenvalue weighted by molar-refractivity contribution is 8.76. The Labute approximate surface area is 156 Å². The molecule has 0 aliphatic carbocycles. The van der Waals surface area contributed by atoms with Crippen molar-refractivity contribution in [1.29, 1.82) is 0 Å². The third-order valence-electron chi connectivity index (χ3n) is 2.88. The molecule has 0 spiro atoms. The van der Waals surface area contributed by atoms with Gasteiger partial charge in [0.1, 0.15) is 30.7 Å². The van der Waals surface area contributed by atoms with E-state index in [0.29, 0.717) is 17.3 Å². The molecule has 0 saturated carbocycles. The first kappa shape index (κ1) is 20.2. The summed E-state index contributed by atoms with van der Waals surface area (Å²) in [6, 6.07) is 1.52. The number of nitrogen functional groups attached to an aromatic ring is 1. The van der Waals surface area contributed by atoms with Gasteiger partial charge in [-0.05, 0) is 6.07 Å². The fourth-order valence-corrected chi connectivity index (χ4v) is 4.40. The summed E-state index contributed by atoms with van der Waals surface area (Å²) in [5.41, 5.74) is 4.59. The number of nitrogens with two attached hydrogens (primary N) is 1. The van der Waals surface area contributed by atoms with Crippen molar-refractivity contribution in [2.24, 2.45) is 0 Å². The van der Waals surface area contributed by atoms with E-state index in [1.54, 1.807) is 0 Å². The third-order valence-corrected chi connectivity index (χ3v) is 6.32. The van der Waals surface area contributed by atoms with Crippen molar-refractivity contribution in [3.63, 3.8) is 0 Å². The number of aromatic nitrogens is 2. The molecule has 1 aliphatic rings. The van der Waals surface area contributed by atoms with Crippen molar-refractivity contribution >= 4 is 45.3 Å². The van der Waals surface area contributed by atoms with Gasteiger partial charge < -0.3 is 25.1 Å². The number of ether oxygens (including phenoxy) is 3. The number of aliphatic hydroxyl groups excluding tert-OH is 1. The van der Waals surface area contributed by atoms with Gasteiger partial charge in [-0.2, -0.15) is 4.98 Å². The normalized spacial score (nSPS) is 19.7. The summed E-state index contributed by atoms with van der Waals surface area (Å²) in [4.78, 5) is 26.9. The van der Waals surface area contributed by atoms with Crippen LogP contribution in [0.4, 0.5) is 10.6 Å². The van der Waals surface area contributed by atoms with E-state index in [4.69, 9.17) is 25.1 Å². The predicted octanol–water partition coefficient (Wildman–Crippen LogP) is 0.940. The second kappa shape index (κ2) is 10.8. The summed E-state index contributed by atoms with van der Waals surface area (Å²) in [7, 11) is 3.02. The van der Waals surface area contributed by atoms with Crippen LogP contribution in [0.1, 0.15) is 6.23 Å². The largest absolute Gasteiger partial charge is 0.508 e. The maximum absolute atomic E-state index is 11.8. The molecule has 0 radical (unpaired) electrons. The van der Waals surface area contributed by atoms with Gasteiger partial charge in [-0.25, -0.2) is 9.59 Å². The van der Waals surface area contributed by atoms with Gasteiger partial charge in [0, 0.05) is 23.5 Å². The molecule has 0 bridgehead atoms. The maximum Gasteiger partial charge on any atom is 0.508 e. The molecule has 3 N–H and O–H groups in total. The first-order chi connectivity index (χ1) is 12.1. The van der Waals surface area contributed by atoms with Crippen molar-refractivity contribution in [1.82, 2.24) is 9.55 Å². The number of carbonyl (C=O) groups excluding carboxylic acids is 1. The van der Waals surface area contributed by atoms with Crippen molar-refractivity contribution < 1.29 is 24.1 Å². The molecule has 1 aromatic heterocycles. The number of anilines is 1. The summed E-state index contributed by atoms with van der Waals surface area (Å²) in [6.45, 7) is 0.387. The molecule has 1 saturated heterocycles. The van der Waals surface area contributed by atoms with Gasteiger partial charge in [0.2, 0.25) is 0 Å². The molecule has 0 aromatic carbocycles. The zero-order chi connectivity index (χ0) is 18.1. The monoisotopic (exact) mass is 409 g/mol. The lowest BCUT2D eigenvalue weighted by Crippen LogP contribution is -2.29. The fourth-order valence-electron chi connectivity index (χ4n) is 1.81. The van der Waals surface area contributed by atoms with Crippen LogP contribution in [0, 0.1) is 0 Å². The van der Waals surface area contributed by atoms with Crippen LogP contribution in [0.15, 0.2) is 17.1 Å². The summed E-state index contributed by atoms with van der Waals surface area (Å²) in [6.07, 6.45) is 0.293. The Morgan fingerprint density at radius 1 is 1.48 bits per heavy atom. The predicted molar refractivity (Wildman–Crippen MR) is 98.6 cm³/mol. The fraction of sp³-hybridized carbons (Fsp3) is 0.615. The second-order valence-electron chi connectivity index (χ2n) is 4.67. The van der Waals surface area contributed by atoms with E-state index in [1.807, 2.05) is 0 Å². The number of nitrogens with zero attached hydrogens (tertiary/aromatic N) is 2. The molecular weight excluding hydrogens is 390 g/mol. The van der Waals surface area contributed by atoms with Crippen molar-refractivity contribution in [3.8, 4) is 0 Å². The number of rotatable bonds is 9. The Balaban J connectivity index is 1.64. The molecular formula is C13H19N3O6S3. The molecule has 1 fully saturated rings. The molecule has 1 aromatic rings. The number of hydrogen-bond donors (Lipinski definition) is 2. The lowest BCUT2D eigenvalue weighted by molar-refractivity contribution is -0.0229. The van der Waals surface area contributed by atoms with Crippen LogP contribution in [0.3, 0.4) is 0 Å². The molecule has 1 aliphatic heterocycles. The van der Waals surface area contributed by atoms with E-state index in [9.17, 15) is 9.59 Å². The third kappa shape index (κ3) is 6.98. The molecule has 140 valence electrons. The van der Waals surface area contributed by atoms with Gasteiger partial charge in [-0.1, -0.05) is 21.6 Å². The van der Waals surface area contributed by atoms with Gasteiger partial charge in [0.05, 0.1) is 6.61 Å². The van der Waals surface area contributed by atoms with Crippen LogP contribution in [0.2, 0.25) is 0 Å². The Morgan fingerprint density at radius 3 is 3.04 bits per heavy atom. The highest BCUT2D eigenvalue weighted by Gasteiger charge is 2.29. The average Bonchev–Trinajstić information content (AvgIpc) is 3.05. The van der Waals surface area contributed by atoms with Crippen molar-refractivity contribution in [2.45, 2.75) is 11.7 Å². The topological polar surface area (TPSA) is 126 Å². The summed E-state index contributed by atoms with van der Waals surface area (Å²) in [5, 5.41) is 8.62. The van der Waals surface area contributed by atoms with E-state index in [1.165, 1.54) is 50.2 Å². The van der Waals surface area contributed by atoms with Crippen molar-refractivity contribution in [2.75, 3.05) is 42.8 Å². The van der Waals surface area contributed by atoms with E-state index < -0.39 is 18.1 Å². The van der Waals surface area contributed by atoms with Crippen LogP contribution >= 0.6 is 33.3 Å². The van der Waals surface area contributed by atoms with Crippen LogP contribution in [0.5, 0.6) is 0 Å². The standard InChI is InChI=1S/C13H19N3O6S3/c14-9-1-2-16(12(18)15-9)10-8-23-11(22-10)7-21-13(19)20-4-6-25-24-5-3-17/h1-2,10-11,17H,3-8H2,(H2,14,15,18). The van der Waals surface area contributed by atoms with E-state index in [-0.39, 0.29) is 31.1 Å². The molecule has 2 unspecified atom stereocenters. The minimum Gasteiger partial charge on any atom is -0.433 e. The van der Waals surface area contributed by atoms with E-state index in [0.717, 1.165) is 0 Å². The van der Waals surface area contributed by atoms with Gasteiger partial charge >= 0.3 is 11.8 Å². The number of carbonyl (C=O) groups is 1. The number of thioether (sulfide) groups is 1. The van der Waals surface area contributed by atoms with Crippen LogP contribution in [-0.2, 0) is 14.2 Å². The molecule has 12 heteroatoms. The molecule has 0 amide bonds. The SMILES string of the molecule is Nc1ccn(C2CSC(COC(=O)OCCSSCCO)O2)c(=O)n1. The second-order valence-corrected chi connectivity index (χ2v) is 8.57. The minimum atomic E-state index is -0.758. The summed E-state index contributed by atoms with van der Waals surface area (Å²) in [5.74, 6) is 1.94. The minimum absolute atomic E-state index is 0.0313. The highest BCUT2D eigenvalue weighted by Crippen LogP contribution is 2.31. The lowest BCUT2D eigenvalue weighted by Gasteiger charge is -2.14. The van der Waals surface area contributed by atoms with Gasteiger partial charge in [-0.15, -0.1) is 11.8 Å². The lowest BCUT2D eigenvalue weighted by atomic mass is 10.5. The zero-order valence-corrected chi connectivity index (χ0v) is 15.7. The molecule has 9 nitrogen and oxygen atoms in total. The quantitative estimate of drug-likeness (QED) is 0.344. The Bertz CT molecular complexity index is 617. The Hall–Kier alpha value is -1.08. The molecule has 2 heterocycles. The average molecular weight is 410 g/mol. The van der Waals surface area contributed by atoms with E-state index in [2.05, 4.69) is 4.98 Å². The molecule has 2 atom stereocenters. The van der Waals surface area contributed by atoms with Crippen LogP contribution in [-0.4, -0.2) is 63.3 Å².